The number of rotatable bonds is 9. The second-order valence-electron chi connectivity index (χ2n) is 7.45. The summed E-state index contributed by atoms with van der Waals surface area (Å²) in [6.07, 6.45) is 0. The molecule has 0 unspecified atom stereocenters. The van der Waals surface area contributed by atoms with Crippen molar-refractivity contribution in [3.63, 3.8) is 0 Å². The van der Waals surface area contributed by atoms with Gasteiger partial charge in [0, 0.05) is 11.3 Å². The van der Waals surface area contributed by atoms with Crippen molar-refractivity contribution in [1.29, 1.82) is 0 Å². The highest BCUT2D eigenvalue weighted by molar-refractivity contribution is 5.93. The molecule has 0 saturated heterocycles. The van der Waals surface area contributed by atoms with Crippen LogP contribution < -0.4 is 14.8 Å². The number of nitrogens with zero attached hydrogens (tertiary/aromatic N) is 2. The summed E-state index contributed by atoms with van der Waals surface area (Å²) in [6, 6.07) is 25.4. The minimum Gasteiger partial charge on any atom is -0.494 e. The van der Waals surface area contributed by atoms with Crippen molar-refractivity contribution in [3.8, 4) is 28.4 Å². The fourth-order valence-electron chi connectivity index (χ4n) is 3.50. The number of hydrogen-bond donors (Lipinski definition) is 1. The van der Waals surface area contributed by atoms with E-state index in [-0.39, 0.29) is 24.8 Å². The number of esters is 1. The first kappa shape index (κ1) is 23.6. The molecule has 0 spiro atoms. The number of carbonyl (C=O) groups excluding carboxylic acids is 2. The molecular weight excluding hydrogens is 446 g/mol. The van der Waals surface area contributed by atoms with Crippen LogP contribution in [0.3, 0.4) is 0 Å². The third kappa shape index (κ3) is 5.67. The number of amides is 1. The Hall–Kier alpha value is -4.59. The lowest BCUT2D eigenvalue weighted by molar-refractivity contribution is -0.118. The summed E-state index contributed by atoms with van der Waals surface area (Å²) in [5, 5.41) is 7.34. The van der Waals surface area contributed by atoms with Crippen LogP contribution >= 0.6 is 0 Å². The van der Waals surface area contributed by atoms with Crippen LogP contribution in [-0.2, 0) is 9.53 Å². The summed E-state index contributed by atoms with van der Waals surface area (Å²) in [4.78, 5) is 24.9. The minimum absolute atomic E-state index is 0.125. The molecule has 0 atom stereocenters. The third-order valence-electron chi connectivity index (χ3n) is 5.06. The van der Waals surface area contributed by atoms with Gasteiger partial charge in [-0.25, -0.2) is 9.48 Å². The number of para-hydroxylation sites is 3. The number of methoxy groups -OCH3 is 1. The van der Waals surface area contributed by atoms with Crippen LogP contribution in [0.5, 0.6) is 11.5 Å². The van der Waals surface area contributed by atoms with Crippen molar-refractivity contribution in [3.05, 3.63) is 90.6 Å². The smallest absolute Gasteiger partial charge is 0.358 e. The highest BCUT2D eigenvalue weighted by Crippen LogP contribution is 2.30. The Kier molecular flexibility index (Phi) is 7.42. The van der Waals surface area contributed by atoms with Crippen LogP contribution in [0, 0.1) is 0 Å². The van der Waals surface area contributed by atoms with E-state index in [0.717, 1.165) is 5.56 Å². The second kappa shape index (κ2) is 11.0. The molecule has 0 aliphatic carbocycles. The number of benzene rings is 3. The molecule has 3 aromatic carbocycles. The zero-order valence-electron chi connectivity index (χ0n) is 19.4. The molecule has 8 nitrogen and oxygen atoms in total. The molecule has 1 N–H and O–H groups in total. The van der Waals surface area contributed by atoms with E-state index in [9.17, 15) is 9.59 Å². The lowest BCUT2D eigenvalue weighted by Gasteiger charge is -2.13. The van der Waals surface area contributed by atoms with Crippen LogP contribution in [0.4, 0.5) is 5.69 Å². The maximum atomic E-state index is 12.4. The van der Waals surface area contributed by atoms with Crippen molar-refractivity contribution >= 4 is 17.6 Å². The average molecular weight is 472 g/mol. The Morgan fingerprint density at radius 3 is 2.49 bits per heavy atom. The van der Waals surface area contributed by atoms with Crippen LogP contribution in [-0.4, -0.2) is 42.0 Å². The first-order valence-electron chi connectivity index (χ1n) is 11.1. The van der Waals surface area contributed by atoms with Gasteiger partial charge in [-0.2, -0.15) is 5.10 Å². The number of aromatic nitrogens is 2. The van der Waals surface area contributed by atoms with E-state index >= 15 is 0 Å². The quantitative estimate of drug-likeness (QED) is 0.355. The van der Waals surface area contributed by atoms with Crippen molar-refractivity contribution < 1.29 is 23.8 Å². The maximum Gasteiger partial charge on any atom is 0.358 e. The molecule has 0 radical (unpaired) electrons. The van der Waals surface area contributed by atoms with E-state index in [1.807, 2.05) is 54.6 Å². The van der Waals surface area contributed by atoms with E-state index in [0.29, 0.717) is 28.6 Å². The summed E-state index contributed by atoms with van der Waals surface area (Å²) >= 11 is 0. The summed E-state index contributed by atoms with van der Waals surface area (Å²) in [6.45, 7) is 1.85. The molecule has 0 saturated carbocycles. The van der Waals surface area contributed by atoms with Gasteiger partial charge in [0.2, 0.25) is 0 Å². The predicted molar refractivity (Wildman–Crippen MR) is 132 cm³/mol. The molecule has 0 bridgehead atoms. The van der Waals surface area contributed by atoms with E-state index in [4.69, 9.17) is 14.2 Å². The van der Waals surface area contributed by atoms with Crippen LogP contribution in [0.25, 0.3) is 16.9 Å². The van der Waals surface area contributed by atoms with Crippen molar-refractivity contribution in [2.24, 2.45) is 0 Å². The number of ether oxygens (including phenoxy) is 3. The highest BCUT2D eigenvalue weighted by atomic mass is 16.5. The Bertz CT molecular complexity index is 1320. The van der Waals surface area contributed by atoms with Gasteiger partial charge in [0.05, 0.1) is 19.4 Å². The molecule has 0 aliphatic heterocycles. The molecular formula is C27H25N3O5. The Morgan fingerprint density at radius 2 is 1.71 bits per heavy atom. The first-order valence-corrected chi connectivity index (χ1v) is 11.1. The monoisotopic (exact) mass is 471 g/mol. The fourth-order valence-corrected chi connectivity index (χ4v) is 3.50. The van der Waals surface area contributed by atoms with E-state index in [2.05, 4.69) is 10.4 Å². The SMILES string of the molecule is CCOC(=O)c1cc(-c2cccc(NC(=O)COc3ccccc3)c2)n(-c2ccccc2OC)n1. The van der Waals surface area contributed by atoms with Gasteiger partial charge in [0.15, 0.2) is 12.3 Å². The zero-order chi connectivity index (χ0) is 24.6. The first-order chi connectivity index (χ1) is 17.1. The van der Waals surface area contributed by atoms with Gasteiger partial charge < -0.3 is 19.5 Å². The molecule has 1 aromatic heterocycles. The minimum atomic E-state index is -0.523. The largest absolute Gasteiger partial charge is 0.494 e. The van der Waals surface area contributed by atoms with Crippen molar-refractivity contribution in [1.82, 2.24) is 9.78 Å². The molecule has 35 heavy (non-hydrogen) atoms. The topological polar surface area (TPSA) is 91.7 Å². The van der Waals surface area contributed by atoms with E-state index in [1.165, 1.54) is 0 Å². The lowest BCUT2D eigenvalue weighted by Crippen LogP contribution is -2.20. The van der Waals surface area contributed by atoms with Gasteiger partial charge in [0.1, 0.15) is 17.2 Å². The number of anilines is 1. The average Bonchev–Trinajstić information content (AvgIpc) is 3.34. The van der Waals surface area contributed by atoms with Crippen molar-refractivity contribution in [2.45, 2.75) is 6.92 Å². The summed E-state index contributed by atoms with van der Waals surface area (Å²) < 4.78 is 17.8. The maximum absolute atomic E-state index is 12.4. The summed E-state index contributed by atoms with van der Waals surface area (Å²) in [5.74, 6) is 0.389. The summed E-state index contributed by atoms with van der Waals surface area (Å²) in [5.41, 5.74) is 2.77. The molecule has 4 rings (SSSR count). The van der Waals surface area contributed by atoms with Crippen LogP contribution in [0.1, 0.15) is 17.4 Å². The van der Waals surface area contributed by atoms with Gasteiger partial charge >= 0.3 is 5.97 Å². The van der Waals surface area contributed by atoms with Gasteiger partial charge in [-0.3, -0.25) is 4.79 Å². The molecule has 0 aliphatic rings. The Balaban J connectivity index is 1.63. The van der Waals surface area contributed by atoms with Gasteiger partial charge in [-0.15, -0.1) is 0 Å². The number of nitrogens with one attached hydrogen (secondary N) is 1. The summed E-state index contributed by atoms with van der Waals surface area (Å²) in [7, 11) is 1.57. The molecule has 8 heteroatoms. The van der Waals surface area contributed by atoms with Gasteiger partial charge in [-0.1, -0.05) is 42.5 Å². The normalized spacial score (nSPS) is 10.5. The van der Waals surface area contributed by atoms with Gasteiger partial charge in [0.25, 0.3) is 5.91 Å². The highest BCUT2D eigenvalue weighted by Gasteiger charge is 2.20. The zero-order valence-corrected chi connectivity index (χ0v) is 19.4. The fraction of sp³-hybridized carbons (Fsp3) is 0.148. The molecule has 0 fully saturated rings. The lowest BCUT2D eigenvalue weighted by atomic mass is 10.1. The molecule has 1 heterocycles. The molecule has 1 amide bonds. The van der Waals surface area contributed by atoms with Gasteiger partial charge in [-0.05, 0) is 49.4 Å². The van der Waals surface area contributed by atoms with E-state index in [1.54, 1.807) is 49.0 Å². The molecule has 4 aromatic rings. The molecule has 178 valence electrons. The number of hydrogen-bond acceptors (Lipinski definition) is 6. The predicted octanol–water partition coefficient (Wildman–Crippen LogP) is 4.74. The Morgan fingerprint density at radius 1 is 0.943 bits per heavy atom. The van der Waals surface area contributed by atoms with Crippen molar-refractivity contribution in [2.75, 3.05) is 25.6 Å². The Labute approximate surface area is 203 Å². The van der Waals surface area contributed by atoms with E-state index < -0.39 is 5.97 Å². The van der Waals surface area contributed by atoms with Crippen LogP contribution in [0.2, 0.25) is 0 Å². The standard InChI is InChI=1S/C27H25N3O5/c1-3-34-27(32)22-17-24(30(29-22)23-14-7-8-15-25(23)33-2)19-10-9-11-20(16-19)28-26(31)18-35-21-12-5-4-6-13-21/h4-17H,3,18H2,1-2H3,(H,28,31). The third-order valence-corrected chi connectivity index (χ3v) is 5.06. The number of carbonyl (C=O) groups is 2. The second-order valence-corrected chi connectivity index (χ2v) is 7.45. The van der Waals surface area contributed by atoms with Crippen LogP contribution in [0.15, 0.2) is 84.9 Å².